The summed E-state index contributed by atoms with van der Waals surface area (Å²) >= 11 is 1.53. The molecule has 23 heavy (non-hydrogen) atoms. The first kappa shape index (κ1) is 16.1. The second-order valence-corrected chi connectivity index (χ2v) is 6.90. The summed E-state index contributed by atoms with van der Waals surface area (Å²) in [6.07, 6.45) is 5.42. The van der Waals surface area contributed by atoms with Gasteiger partial charge >= 0.3 is 0 Å². The SMILES string of the molecule is CC(O)C1CCCN(C(=O)Cc2csc(-c3cccnc3)n2)C1. The zero-order valence-electron chi connectivity index (χ0n) is 13.2. The van der Waals surface area contributed by atoms with Crippen LogP contribution < -0.4 is 0 Å². The van der Waals surface area contributed by atoms with Gasteiger partial charge in [0.25, 0.3) is 0 Å². The number of carbonyl (C=O) groups is 1. The number of hydrogen-bond donors (Lipinski definition) is 1. The Balaban J connectivity index is 1.63. The summed E-state index contributed by atoms with van der Waals surface area (Å²) in [5.74, 6) is 0.285. The van der Waals surface area contributed by atoms with Crippen molar-refractivity contribution in [2.45, 2.75) is 32.3 Å². The van der Waals surface area contributed by atoms with Crippen molar-refractivity contribution in [3.05, 3.63) is 35.6 Å². The summed E-state index contributed by atoms with van der Waals surface area (Å²) in [6.45, 7) is 3.23. The van der Waals surface area contributed by atoms with Crippen LogP contribution in [0.3, 0.4) is 0 Å². The van der Waals surface area contributed by atoms with Crippen molar-refractivity contribution in [3.8, 4) is 10.6 Å². The Bertz CT molecular complexity index is 657. The molecule has 122 valence electrons. The lowest BCUT2D eigenvalue weighted by Crippen LogP contribution is -2.43. The fourth-order valence-corrected chi connectivity index (χ4v) is 3.72. The van der Waals surface area contributed by atoms with Gasteiger partial charge in [-0.2, -0.15) is 0 Å². The Morgan fingerprint density at radius 3 is 3.17 bits per heavy atom. The number of carbonyl (C=O) groups excluding carboxylic acids is 1. The van der Waals surface area contributed by atoms with Gasteiger partial charge in [0, 0.05) is 42.3 Å². The molecule has 1 N–H and O–H groups in total. The second kappa shape index (κ2) is 7.19. The van der Waals surface area contributed by atoms with Crippen molar-refractivity contribution in [1.29, 1.82) is 0 Å². The van der Waals surface area contributed by atoms with Gasteiger partial charge in [0.05, 0.1) is 18.2 Å². The fourth-order valence-electron chi connectivity index (χ4n) is 2.91. The van der Waals surface area contributed by atoms with Crippen LogP contribution in [-0.2, 0) is 11.2 Å². The number of piperidine rings is 1. The molecule has 0 bridgehead atoms. The maximum absolute atomic E-state index is 12.5. The molecule has 6 heteroatoms. The number of aliphatic hydroxyl groups excluding tert-OH is 1. The minimum atomic E-state index is -0.359. The van der Waals surface area contributed by atoms with Crippen LogP contribution in [0.4, 0.5) is 0 Å². The zero-order chi connectivity index (χ0) is 16.2. The van der Waals surface area contributed by atoms with Crippen LogP contribution in [0.15, 0.2) is 29.9 Å². The molecule has 2 unspecified atom stereocenters. The minimum Gasteiger partial charge on any atom is -0.393 e. The van der Waals surface area contributed by atoms with Crippen molar-refractivity contribution in [2.75, 3.05) is 13.1 Å². The zero-order valence-corrected chi connectivity index (χ0v) is 14.0. The van der Waals surface area contributed by atoms with E-state index in [2.05, 4.69) is 9.97 Å². The normalized spacial score (nSPS) is 19.6. The summed E-state index contributed by atoms with van der Waals surface area (Å²) in [7, 11) is 0. The van der Waals surface area contributed by atoms with E-state index in [0.717, 1.165) is 35.7 Å². The van der Waals surface area contributed by atoms with Crippen molar-refractivity contribution in [2.24, 2.45) is 5.92 Å². The molecule has 0 aliphatic carbocycles. The Kier molecular flexibility index (Phi) is 5.03. The molecule has 5 nitrogen and oxygen atoms in total. The number of thiazole rings is 1. The third-order valence-electron chi connectivity index (χ3n) is 4.29. The molecule has 1 fully saturated rings. The molecule has 1 saturated heterocycles. The van der Waals surface area contributed by atoms with Gasteiger partial charge in [-0.1, -0.05) is 0 Å². The highest BCUT2D eigenvalue weighted by Crippen LogP contribution is 2.24. The summed E-state index contributed by atoms with van der Waals surface area (Å²) in [4.78, 5) is 23.0. The Labute approximate surface area is 140 Å². The Hall–Kier alpha value is -1.79. The molecule has 0 radical (unpaired) electrons. The number of aromatic nitrogens is 2. The fraction of sp³-hybridized carbons (Fsp3) is 0.471. The van der Waals surface area contributed by atoms with Crippen LogP contribution in [0.1, 0.15) is 25.5 Å². The van der Waals surface area contributed by atoms with Gasteiger partial charge in [-0.15, -0.1) is 11.3 Å². The standard InChI is InChI=1S/C17H21N3O2S/c1-12(21)14-5-3-7-20(10-14)16(22)8-15-11-23-17(19-15)13-4-2-6-18-9-13/h2,4,6,9,11-12,14,21H,3,5,7-8,10H2,1H3. The number of nitrogens with zero attached hydrogens (tertiary/aromatic N) is 3. The molecule has 0 aromatic carbocycles. The first-order valence-corrected chi connectivity index (χ1v) is 8.82. The van der Waals surface area contributed by atoms with Crippen LogP contribution in [0.25, 0.3) is 10.6 Å². The van der Waals surface area contributed by atoms with Crippen molar-refractivity contribution >= 4 is 17.2 Å². The van der Waals surface area contributed by atoms with Gasteiger partial charge in [-0.3, -0.25) is 9.78 Å². The van der Waals surface area contributed by atoms with Gasteiger partial charge in [-0.25, -0.2) is 4.98 Å². The third kappa shape index (κ3) is 3.95. The Morgan fingerprint density at radius 2 is 2.43 bits per heavy atom. The lowest BCUT2D eigenvalue weighted by molar-refractivity contribution is -0.133. The lowest BCUT2D eigenvalue weighted by Gasteiger charge is -2.34. The average molecular weight is 331 g/mol. The Morgan fingerprint density at radius 1 is 1.57 bits per heavy atom. The molecule has 2 aromatic heterocycles. The highest BCUT2D eigenvalue weighted by molar-refractivity contribution is 7.13. The third-order valence-corrected chi connectivity index (χ3v) is 5.23. The van der Waals surface area contributed by atoms with E-state index >= 15 is 0 Å². The van der Waals surface area contributed by atoms with Gasteiger partial charge < -0.3 is 10.0 Å². The number of aliphatic hydroxyl groups is 1. The van der Waals surface area contributed by atoms with Gasteiger partial charge in [-0.05, 0) is 31.9 Å². The van der Waals surface area contributed by atoms with Crippen molar-refractivity contribution < 1.29 is 9.90 Å². The van der Waals surface area contributed by atoms with E-state index in [0.29, 0.717) is 13.0 Å². The number of hydrogen-bond acceptors (Lipinski definition) is 5. The number of pyridine rings is 1. The molecule has 2 atom stereocenters. The maximum Gasteiger partial charge on any atom is 0.228 e. The van der Waals surface area contributed by atoms with Gasteiger partial charge in [0.15, 0.2) is 0 Å². The lowest BCUT2D eigenvalue weighted by atomic mass is 9.93. The summed E-state index contributed by atoms with van der Waals surface area (Å²) < 4.78 is 0. The largest absolute Gasteiger partial charge is 0.393 e. The van der Waals surface area contributed by atoms with Crippen molar-refractivity contribution in [1.82, 2.24) is 14.9 Å². The van der Waals surface area contributed by atoms with E-state index in [-0.39, 0.29) is 17.9 Å². The van der Waals surface area contributed by atoms with E-state index in [1.54, 1.807) is 19.3 Å². The average Bonchev–Trinajstić information content (AvgIpc) is 3.04. The van der Waals surface area contributed by atoms with Crippen LogP contribution in [0.5, 0.6) is 0 Å². The predicted octanol–water partition coefficient (Wildman–Crippen LogP) is 2.37. The monoisotopic (exact) mass is 331 g/mol. The molecular weight excluding hydrogens is 310 g/mol. The van der Waals surface area contributed by atoms with E-state index in [4.69, 9.17) is 0 Å². The smallest absolute Gasteiger partial charge is 0.228 e. The molecular formula is C17H21N3O2S. The van der Waals surface area contributed by atoms with E-state index < -0.39 is 0 Å². The molecule has 3 rings (SSSR count). The molecule has 0 saturated carbocycles. The van der Waals surface area contributed by atoms with Gasteiger partial charge in [0.2, 0.25) is 5.91 Å². The van der Waals surface area contributed by atoms with Crippen LogP contribution in [0, 0.1) is 5.92 Å². The predicted molar refractivity (Wildman–Crippen MR) is 90.0 cm³/mol. The first-order valence-electron chi connectivity index (χ1n) is 7.94. The highest BCUT2D eigenvalue weighted by Gasteiger charge is 2.26. The number of rotatable bonds is 4. The molecule has 3 heterocycles. The summed E-state index contributed by atoms with van der Waals surface area (Å²) in [5.41, 5.74) is 1.78. The number of amides is 1. The molecule has 2 aromatic rings. The molecule has 1 aliphatic rings. The van der Waals surface area contributed by atoms with Crippen LogP contribution in [0.2, 0.25) is 0 Å². The van der Waals surface area contributed by atoms with Gasteiger partial charge in [0.1, 0.15) is 5.01 Å². The second-order valence-electron chi connectivity index (χ2n) is 6.05. The highest BCUT2D eigenvalue weighted by atomic mass is 32.1. The van der Waals surface area contributed by atoms with Crippen molar-refractivity contribution in [3.63, 3.8) is 0 Å². The maximum atomic E-state index is 12.5. The van der Waals surface area contributed by atoms with Crippen LogP contribution >= 0.6 is 11.3 Å². The minimum absolute atomic E-state index is 0.0957. The van der Waals surface area contributed by atoms with Crippen LogP contribution in [-0.4, -0.2) is 45.1 Å². The first-order chi connectivity index (χ1) is 11.1. The summed E-state index contributed by atoms with van der Waals surface area (Å²) in [5, 5.41) is 12.6. The molecule has 1 aliphatic heterocycles. The quantitative estimate of drug-likeness (QED) is 0.934. The topological polar surface area (TPSA) is 66.3 Å². The number of likely N-dealkylation sites (tertiary alicyclic amines) is 1. The molecule has 1 amide bonds. The molecule has 0 spiro atoms. The van der Waals surface area contributed by atoms with E-state index in [9.17, 15) is 9.90 Å². The summed E-state index contributed by atoms with van der Waals surface area (Å²) in [6, 6.07) is 3.85. The van der Waals surface area contributed by atoms with E-state index in [1.165, 1.54) is 11.3 Å². The van der Waals surface area contributed by atoms with E-state index in [1.807, 2.05) is 22.4 Å².